The molecule has 2 aliphatic rings. The van der Waals surface area contributed by atoms with Crippen LogP contribution in [0.2, 0.25) is 0 Å². The lowest BCUT2D eigenvalue weighted by Crippen LogP contribution is -2.41. The molecule has 0 radical (unpaired) electrons. The summed E-state index contributed by atoms with van der Waals surface area (Å²) in [6.45, 7) is 0.950. The van der Waals surface area contributed by atoms with Crippen LogP contribution in [0.3, 0.4) is 0 Å². The summed E-state index contributed by atoms with van der Waals surface area (Å²) in [5.41, 5.74) is 0. The molecule has 6 heteroatoms. The average Bonchev–Trinajstić information content (AvgIpc) is 2.67. The van der Waals surface area contributed by atoms with E-state index in [0.29, 0.717) is 11.8 Å². The van der Waals surface area contributed by atoms with Crippen molar-refractivity contribution in [2.75, 3.05) is 26.0 Å². The first-order chi connectivity index (χ1) is 9.67. The maximum absolute atomic E-state index is 5.19. The minimum Gasteiger partial charge on any atom is -0.480 e. The van der Waals surface area contributed by atoms with Crippen molar-refractivity contribution in [3.8, 4) is 5.88 Å². The molecule has 1 aromatic heterocycles. The summed E-state index contributed by atoms with van der Waals surface area (Å²) in [6.07, 6.45) is 7.02. The fourth-order valence-corrected chi connectivity index (χ4v) is 3.86. The number of aromatic nitrogens is 2. The third-order valence-electron chi connectivity index (χ3n) is 4.65. The minimum atomic E-state index is 0.575. The molecule has 1 aromatic rings. The van der Waals surface area contributed by atoms with Gasteiger partial charge in [-0.15, -0.1) is 0 Å². The number of rotatable bonds is 4. The van der Waals surface area contributed by atoms with Gasteiger partial charge >= 0.3 is 0 Å². The zero-order valence-corrected chi connectivity index (χ0v) is 13.6. The number of anilines is 1. The largest absolute Gasteiger partial charge is 0.480 e. The molecule has 0 spiro atoms. The van der Waals surface area contributed by atoms with Gasteiger partial charge in [0.2, 0.25) is 11.8 Å². The quantitative estimate of drug-likeness (QED) is 0.912. The highest BCUT2D eigenvalue weighted by molar-refractivity contribution is 9.10. The SMILES string of the molecule is COc1nc(NCC2CC3CCC(C2)N3C)ncc1Br. The highest BCUT2D eigenvalue weighted by atomic mass is 79.9. The van der Waals surface area contributed by atoms with Crippen LogP contribution >= 0.6 is 15.9 Å². The molecule has 5 nitrogen and oxygen atoms in total. The zero-order valence-electron chi connectivity index (χ0n) is 12.0. The van der Waals surface area contributed by atoms with Gasteiger partial charge in [-0.1, -0.05) is 0 Å². The molecule has 2 unspecified atom stereocenters. The summed E-state index contributed by atoms with van der Waals surface area (Å²) in [4.78, 5) is 11.2. The highest BCUT2D eigenvalue weighted by Crippen LogP contribution is 2.37. The van der Waals surface area contributed by atoms with E-state index >= 15 is 0 Å². The van der Waals surface area contributed by atoms with Crippen molar-refractivity contribution in [2.24, 2.45) is 5.92 Å². The topological polar surface area (TPSA) is 50.3 Å². The Kier molecular flexibility index (Phi) is 4.12. The number of methoxy groups -OCH3 is 1. The fraction of sp³-hybridized carbons (Fsp3) is 0.714. The van der Waals surface area contributed by atoms with Gasteiger partial charge in [0.1, 0.15) is 0 Å². The van der Waals surface area contributed by atoms with Crippen molar-refractivity contribution >= 4 is 21.9 Å². The Labute approximate surface area is 128 Å². The van der Waals surface area contributed by atoms with Gasteiger partial charge in [0.15, 0.2) is 0 Å². The van der Waals surface area contributed by atoms with Crippen LogP contribution in [0.15, 0.2) is 10.7 Å². The van der Waals surface area contributed by atoms with E-state index in [-0.39, 0.29) is 0 Å². The van der Waals surface area contributed by atoms with Gasteiger partial charge < -0.3 is 15.0 Å². The molecule has 2 bridgehead atoms. The first-order valence-electron chi connectivity index (χ1n) is 7.19. The molecule has 2 aliphatic heterocycles. The molecular weight excluding hydrogens is 320 g/mol. The predicted octanol–water partition coefficient (Wildman–Crippen LogP) is 2.53. The summed E-state index contributed by atoms with van der Waals surface area (Å²) in [6, 6.07) is 1.56. The van der Waals surface area contributed by atoms with Crippen LogP contribution in [0, 0.1) is 5.92 Å². The van der Waals surface area contributed by atoms with Gasteiger partial charge in [-0.05, 0) is 54.6 Å². The molecule has 3 rings (SSSR count). The zero-order chi connectivity index (χ0) is 14.1. The van der Waals surface area contributed by atoms with Crippen LogP contribution in [0.25, 0.3) is 0 Å². The molecule has 0 saturated carbocycles. The number of hydrogen-bond acceptors (Lipinski definition) is 5. The van der Waals surface area contributed by atoms with Crippen molar-refractivity contribution in [2.45, 2.75) is 37.8 Å². The van der Waals surface area contributed by atoms with Gasteiger partial charge in [-0.2, -0.15) is 4.98 Å². The fourth-order valence-electron chi connectivity index (χ4n) is 3.51. The Hall–Kier alpha value is -0.880. The van der Waals surface area contributed by atoms with E-state index in [4.69, 9.17) is 4.74 Å². The second kappa shape index (κ2) is 5.85. The summed E-state index contributed by atoms with van der Waals surface area (Å²) >= 11 is 3.37. The van der Waals surface area contributed by atoms with E-state index in [9.17, 15) is 0 Å². The second-order valence-electron chi connectivity index (χ2n) is 5.82. The lowest BCUT2D eigenvalue weighted by molar-refractivity contribution is 0.139. The highest BCUT2D eigenvalue weighted by Gasteiger charge is 2.38. The van der Waals surface area contributed by atoms with E-state index < -0.39 is 0 Å². The average molecular weight is 341 g/mol. The maximum atomic E-state index is 5.19. The summed E-state index contributed by atoms with van der Waals surface area (Å²) in [5, 5.41) is 3.36. The Morgan fingerprint density at radius 2 is 2.10 bits per heavy atom. The van der Waals surface area contributed by atoms with Crippen LogP contribution in [-0.2, 0) is 0 Å². The summed E-state index contributed by atoms with van der Waals surface area (Å²) < 4.78 is 5.97. The standard InChI is InChI=1S/C14H21BrN4O/c1-19-10-3-4-11(19)6-9(5-10)7-16-14-17-8-12(15)13(18-14)20-2/h8-11H,3-7H2,1-2H3,(H,16,17,18). The molecule has 1 N–H and O–H groups in total. The molecule has 0 aromatic carbocycles. The summed E-state index contributed by atoms with van der Waals surface area (Å²) in [7, 11) is 3.89. The molecule has 20 heavy (non-hydrogen) atoms. The van der Waals surface area contributed by atoms with E-state index in [2.05, 4.69) is 43.2 Å². The number of piperidine rings is 1. The number of hydrogen-bond donors (Lipinski definition) is 1. The lowest BCUT2D eigenvalue weighted by atomic mass is 9.91. The first-order valence-corrected chi connectivity index (χ1v) is 7.99. The van der Waals surface area contributed by atoms with Crippen LogP contribution < -0.4 is 10.1 Å². The molecular formula is C14H21BrN4O. The van der Waals surface area contributed by atoms with Crippen molar-refractivity contribution in [3.05, 3.63) is 10.7 Å². The van der Waals surface area contributed by atoms with E-state index in [0.717, 1.165) is 29.0 Å². The lowest BCUT2D eigenvalue weighted by Gasteiger charge is -2.36. The molecule has 2 fully saturated rings. The Bertz CT molecular complexity index is 470. The van der Waals surface area contributed by atoms with Crippen molar-refractivity contribution in [3.63, 3.8) is 0 Å². The van der Waals surface area contributed by atoms with Crippen LogP contribution in [0.4, 0.5) is 5.95 Å². The molecule has 110 valence electrons. The third kappa shape index (κ3) is 2.76. The normalized spacial score (nSPS) is 29.4. The number of nitrogens with one attached hydrogen (secondary N) is 1. The van der Waals surface area contributed by atoms with Gasteiger partial charge in [-0.25, -0.2) is 4.98 Å². The molecule has 0 amide bonds. The number of fused-ring (bicyclic) bond motifs is 2. The Morgan fingerprint density at radius 3 is 2.75 bits per heavy atom. The molecule has 2 saturated heterocycles. The predicted molar refractivity (Wildman–Crippen MR) is 82.1 cm³/mol. The molecule has 2 atom stereocenters. The summed E-state index contributed by atoms with van der Waals surface area (Å²) in [5.74, 6) is 1.95. The first kappa shape index (κ1) is 14.1. The Balaban J connectivity index is 1.57. The van der Waals surface area contributed by atoms with Crippen molar-refractivity contribution in [1.82, 2.24) is 14.9 Å². The number of ether oxygens (including phenoxy) is 1. The maximum Gasteiger partial charge on any atom is 0.232 e. The van der Waals surface area contributed by atoms with Crippen LogP contribution in [0.5, 0.6) is 5.88 Å². The van der Waals surface area contributed by atoms with Gasteiger partial charge in [0, 0.05) is 18.6 Å². The molecule has 3 heterocycles. The smallest absolute Gasteiger partial charge is 0.232 e. The van der Waals surface area contributed by atoms with Gasteiger partial charge in [-0.3, -0.25) is 0 Å². The number of halogens is 1. The van der Waals surface area contributed by atoms with Crippen LogP contribution in [-0.4, -0.2) is 47.7 Å². The van der Waals surface area contributed by atoms with Gasteiger partial charge in [0.05, 0.1) is 17.8 Å². The third-order valence-corrected chi connectivity index (χ3v) is 5.19. The van der Waals surface area contributed by atoms with E-state index in [1.807, 2.05) is 0 Å². The van der Waals surface area contributed by atoms with Gasteiger partial charge in [0.25, 0.3) is 0 Å². The van der Waals surface area contributed by atoms with Crippen molar-refractivity contribution < 1.29 is 4.74 Å². The monoisotopic (exact) mass is 340 g/mol. The minimum absolute atomic E-state index is 0.575. The van der Waals surface area contributed by atoms with E-state index in [1.165, 1.54) is 25.7 Å². The number of nitrogens with zero attached hydrogens (tertiary/aromatic N) is 3. The van der Waals surface area contributed by atoms with E-state index in [1.54, 1.807) is 13.3 Å². The Morgan fingerprint density at radius 1 is 1.40 bits per heavy atom. The molecule has 0 aliphatic carbocycles. The van der Waals surface area contributed by atoms with Crippen molar-refractivity contribution in [1.29, 1.82) is 0 Å². The second-order valence-corrected chi connectivity index (χ2v) is 6.67. The van der Waals surface area contributed by atoms with Crippen LogP contribution in [0.1, 0.15) is 25.7 Å².